The van der Waals surface area contributed by atoms with Gasteiger partial charge in [0.05, 0.1) is 12.3 Å². The maximum atomic E-state index is 8.98. The Morgan fingerprint density at radius 2 is 1.83 bits per heavy atom. The summed E-state index contributed by atoms with van der Waals surface area (Å²) in [5.41, 5.74) is 4.44. The standard InChI is InChI=1S/C19H22N4O/c1-22(13-14-24)18-9-5-17(6-10-18)20-15-16-3-7-19(8-4-16)23-12-2-11-21-23/h2-12,20,24H,13-15H2,1H3. The molecule has 0 spiro atoms. The Labute approximate surface area is 142 Å². The quantitative estimate of drug-likeness (QED) is 0.702. The van der Waals surface area contributed by atoms with Gasteiger partial charge in [0.15, 0.2) is 0 Å². The third-order valence-corrected chi connectivity index (χ3v) is 3.95. The number of hydrogen-bond acceptors (Lipinski definition) is 4. The zero-order valence-corrected chi connectivity index (χ0v) is 13.8. The van der Waals surface area contributed by atoms with Crippen LogP contribution in [0.25, 0.3) is 5.69 Å². The molecule has 0 atom stereocenters. The largest absolute Gasteiger partial charge is 0.395 e. The molecule has 5 heteroatoms. The molecule has 0 amide bonds. The minimum atomic E-state index is 0.158. The monoisotopic (exact) mass is 322 g/mol. The summed E-state index contributed by atoms with van der Waals surface area (Å²) in [6.07, 6.45) is 3.71. The van der Waals surface area contributed by atoms with Gasteiger partial charge in [-0.3, -0.25) is 0 Å². The fraction of sp³-hybridized carbons (Fsp3) is 0.211. The van der Waals surface area contributed by atoms with Gasteiger partial charge in [-0.15, -0.1) is 0 Å². The number of rotatable bonds is 7. The van der Waals surface area contributed by atoms with Gasteiger partial charge in [-0.2, -0.15) is 5.10 Å². The van der Waals surface area contributed by atoms with E-state index in [1.807, 2.05) is 28.9 Å². The van der Waals surface area contributed by atoms with E-state index in [1.54, 1.807) is 6.20 Å². The Morgan fingerprint density at radius 1 is 1.08 bits per heavy atom. The van der Waals surface area contributed by atoms with Gasteiger partial charge in [-0.25, -0.2) is 4.68 Å². The van der Waals surface area contributed by atoms with E-state index in [4.69, 9.17) is 5.11 Å². The van der Waals surface area contributed by atoms with E-state index in [-0.39, 0.29) is 6.61 Å². The van der Waals surface area contributed by atoms with Crippen molar-refractivity contribution < 1.29 is 5.11 Å². The van der Waals surface area contributed by atoms with E-state index in [0.717, 1.165) is 23.6 Å². The molecule has 0 saturated carbocycles. The normalized spacial score (nSPS) is 10.6. The fourth-order valence-electron chi connectivity index (χ4n) is 2.51. The molecular formula is C19H22N4O. The van der Waals surface area contributed by atoms with Crippen LogP contribution in [0.15, 0.2) is 67.0 Å². The Kier molecular flexibility index (Phi) is 5.13. The average molecular weight is 322 g/mol. The van der Waals surface area contributed by atoms with Crippen LogP contribution in [0.1, 0.15) is 5.56 Å². The molecule has 2 aromatic carbocycles. The summed E-state index contributed by atoms with van der Waals surface area (Å²) in [4.78, 5) is 2.03. The highest BCUT2D eigenvalue weighted by molar-refractivity contribution is 5.55. The van der Waals surface area contributed by atoms with Gasteiger partial charge in [0.25, 0.3) is 0 Å². The van der Waals surface area contributed by atoms with Gasteiger partial charge < -0.3 is 15.3 Å². The minimum absolute atomic E-state index is 0.158. The molecule has 124 valence electrons. The zero-order valence-electron chi connectivity index (χ0n) is 13.8. The highest BCUT2D eigenvalue weighted by atomic mass is 16.3. The number of likely N-dealkylation sites (N-methyl/N-ethyl adjacent to an activating group) is 1. The molecule has 0 bridgehead atoms. The first kappa shape index (κ1) is 16.1. The first-order valence-corrected chi connectivity index (χ1v) is 8.01. The second-order valence-electron chi connectivity index (χ2n) is 5.66. The van der Waals surface area contributed by atoms with Gasteiger partial charge in [0, 0.05) is 43.9 Å². The lowest BCUT2D eigenvalue weighted by Gasteiger charge is -2.18. The lowest BCUT2D eigenvalue weighted by atomic mass is 10.2. The third-order valence-electron chi connectivity index (χ3n) is 3.95. The van der Waals surface area contributed by atoms with Crippen LogP contribution in [0.2, 0.25) is 0 Å². The molecule has 0 saturated heterocycles. The summed E-state index contributed by atoms with van der Waals surface area (Å²) in [5, 5.41) is 16.6. The van der Waals surface area contributed by atoms with E-state index < -0.39 is 0 Å². The molecule has 2 N–H and O–H groups in total. The van der Waals surface area contributed by atoms with Crippen molar-refractivity contribution in [2.45, 2.75) is 6.54 Å². The van der Waals surface area contributed by atoms with Crippen molar-refractivity contribution in [3.63, 3.8) is 0 Å². The summed E-state index contributed by atoms with van der Waals surface area (Å²) in [7, 11) is 1.97. The molecule has 0 aliphatic heterocycles. The topological polar surface area (TPSA) is 53.3 Å². The van der Waals surface area contributed by atoms with Gasteiger partial charge in [-0.05, 0) is 48.0 Å². The Bertz CT molecular complexity index is 736. The maximum absolute atomic E-state index is 8.98. The summed E-state index contributed by atoms with van der Waals surface area (Å²) in [6, 6.07) is 18.5. The Hall–Kier alpha value is -2.79. The zero-order chi connectivity index (χ0) is 16.8. The summed E-state index contributed by atoms with van der Waals surface area (Å²) in [6.45, 7) is 1.56. The maximum Gasteiger partial charge on any atom is 0.0645 e. The molecule has 0 unspecified atom stereocenters. The van der Waals surface area contributed by atoms with Gasteiger partial charge in [0.2, 0.25) is 0 Å². The molecule has 1 aromatic heterocycles. The van der Waals surface area contributed by atoms with Crippen molar-refractivity contribution in [1.29, 1.82) is 0 Å². The highest BCUT2D eigenvalue weighted by Gasteiger charge is 2.01. The van der Waals surface area contributed by atoms with Crippen molar-refractivity contribution in [2.24, 2.45) is 0 Å². The van der Waals surface area contributed by atoms with Crippen LogP contribution >= 0.6 is 0 Å². The number of benzene rings is 2. The summed E-state index contributed by atoms with van der Waals surface area (Å²) < 4.78 is 1.85. The van der Waals surface area contributed by atoms with Crippen LogP contribution in [-0.4, -0.2) is 35.1 Å². The summed E-state index contributed by atoms with van der Waals surface area (Å²) >= 11 is 0. The summed E-state index contributed by atoms with van der Waals surface area (Å²) in [5.74, 6) is 0. The smallest absolute Gasteiger partial charge is 0.0645 e. The second kappa shape index (κ2) is 7.66. The van der Waals surface area contributed by atoms with Crippen molar-refractivity contribution in [1.82, 2.24) is 9.78 Å². The fourth-order valence-corrected chi connectivity index (χ4v) is 2.51. The number of hydrogen-bond donors (Lipinski definition) is 2. The van der Waals surface area contributed by atoms with E-state index in [1.165, 1.54) is 5.56 Å². The van der Waals surface area contributed by atoms with Crippen molar-refractivity contribution >= 4 is 11.4 Å². The molecule has 3 aromatic rings. The van der Waals surface area contributed by atoms with E-state index in [2.05, 4.69) is 58.9 Å². The number of nitrogens with one attached hydrogen (secondary N) is 1. The lowest BCUT2D eigenvalue weighted by Crippen LogP contribution is -2.20. The highest BCUT2D eigenvalue weighted by Crippen LogP contribution is 2.17. The van der Waals surface area contributed by atoms with Crippen molar-refractivity contribution in [3.05, 3.63) is 72.6 Å². The number of aromatic nitrogens is 2. The number of aliphatic hydroxyl groups is 1. The number of nitrogens with zero attached hydrogens (tertiary/aromatic N) is 3. The first-order valence-electron chi connectivity index (χ1n) is 8.01. The Morgan fingerprint density at radius 3 is 2.46 bits per heavy atom. The molecule has 1 heterocycles. The molecule has 24 heavy (non-hydrogen) atoms. The van der Waals surface area contributed by atoms with Crippen LogP contribution in [0, 0.1) is 0 Å². The minimum Gasteiger partial charge on any atom is -0.395 e. The predicted molar refractivity (Wildman–Crippen MR) is 97.7 cm³/mol. The van der Waals surface area contributed by atoms with E-state index in [9.17, 15) is 0 Å². The van der Waals surface area contributed by atoms with Crippen LogP contribution < -0.4 is 10.2 Å². The second-order valence-corrected chi connectivity index (χ2v) is 5.66. The van der Waals surface area contributed by atoms with Gasteiger partial charge >= 0.3 is 0 Å². The first-order chi connectivity index (χ1) is 11.8. The molecule has 5 nitrogen and oxygen atoms in total. The Balaban J connectivity index is 1.57. The predicted octanol–water partition coefficient (Wildman–Crippen LogP) is 2.91. The number of anilines is 2. The molecule has 3 rings (SSSR count). The van der Waals surface area contributed by atoms with Crippen molar-refractivity contribution in [3.8, 4) is 5.69 Å². The molecule has 0 radical (unpaired) electrons. The third kappa shape index (κ3) is 3.94. The lowest BCUT2D eigenvalue weighted by molar-refractivity contribution is 0.304. The van der Waals surface area contributed by atoms with Crippen LogP contribution in [0.4, 0.5) is 11.4 Å². The van der Waals surface area contributed by atoms with Gasteiger partial charge in [0.1, 0.15) is 0 Å². The SMILES string of the molecule is CN(CCO)c1ccc(NCc2ccc(-n3cccn3)cc2)cc1. The van der Waals surface area contributed by atoms with E-state index in [0.29, 0.717) is 6.54 Å². The number of aliphatic hydroxyl groups excluding tert-OH is 1. The van der Waals surface area contributed by atoms with Crippen LogP contribution in [-0.2, 0) is 6.54 Å². The molecule has 0 fully saturated rings. The van der Waals surface area contributed by atoms with Gasteiger partial charge in [-0.1, -0.05) is 12.1 Å². The van der Waals surface area contributed by atoms with Crippen LogP contribution in [0.5, 0.6) is 0 Å². The molecule has 0 aliphatic rings. The van der Waals surface area contributed by atoms with E-state index >= 15 is 0 Å². The molecule has 0 aliphatic carbocycles. The van der Waals surface area contributed by atoms with Crippen molar-refractivity contribution in [2.75, 3.05) is 30.4 Å². The van der Waals surface area contributed by atoms with Crippen LogP contribution in [0.3, 0.4) is 0 Å². The average Bonchev–Trinajstić information content (AvgIpc) is 3.16. The molecular weight excluding hydrogens is 300 g/mol.